The van der Waals surface area contributed by atoms with Gasteiger partial charge in [-0.1, -0.05) is 42.8 Å². The summed E-state index contributed by atoms with van der Waals surface area (Å²) in [5.41, 5.74) is 3.04. The molecule has 1 aromatic carbocycles. The van der Waals surface area contributed by atoms with E-state index in [0.29, 0.717) is 23.4 Å². The number of hydrogen-bond donors (Lipinski definition) is 0. The molecule has 1 heterocycles. The van der Waals surface area contributed by atoms with Gasteiger partial charge in [0, 0.05) is 5.56 Å². The van der Waals surface area contributed by atoms with Gasteiger partial charge in [0.2, 0.25) is 0 Å². The van der Waals surface area contributed by atoms with Gasteiger partial charge in [-0.3, -0.25) is 4.79 Å². The fourth-order valence-corrected chi connectivity index (χ4v) is 2.03. The van der Waals surface area contributed by atoms with Gasteiger partial charge < -0.3 is 0 Å². The number of carbonyl (C=O) groups excluding carboxylic acids is 1. The van der Waals surface area contributed by atoms with E-state index in [-0.39, 0.29) is 5.15 Å². The van der Waals surface area contributed by atoms with Crippen LogP contribution in [0.15, 0.2) is 24.3 Å². The van der Waals surface area contributed by atoms with E-state index in [1.165, 1.54) is 5.56 Å². The van der Waals surface area contributed by atoms with Gasteiger partial charge in [-0.15, -0.1) is 0 Å². The molecule has 3 nitrogen and oxygen atoms in total. The molecule has 92 valence electrons. The van der Waals surface area contributed by atoms with Gasteiger partial charge >= 0.3 is 0 Å². The van der Waals surface area contributed by atoms with Crippen LogP contribution in [0.25, 0.3) is 11.3 Å². The number of nitrogens with zero attached hydrogens (tertiary/aromatic N) is 2. The first-order valence-electron chi connectivity index (χ1n) is 5.74. The number of benzene rings is 1. The monoisotopic (exact) mass is 260 g/mol. The Morgan fingerprint density at radius 2 is 1.89 bits per heavy atom. The van der Waals surface area contributed by atoms with Gasteiger partial charge in [0.05, 0.1) is 11.3 Å². The largest absolute Gasteiger partial charge is 0.298 e. The highest BCUT2D eigenvalue weighted by molar-refractivity contribution is 6.32. The SMILES string of the molecule is CCc1ccc(-c2nc(C)nc(Cl)c2C=O)cc1. The van der Waals surface area contributed by atoms with Gasteiger partial charge in [-0.05, 0) is 18.9 Å². The van der Waals surface area contributed by atoms with Crippen LogP contribution in [-0.2, 0) is 6.42 Å². The third kappa shape index (κ3) is 2.41. The van der Waals surface area contributed by atoms with Crippen molar-refractivity contribution >= 4 is 17.9 Å². The summed E-state index contributed by atoms with van der Waals surface area (Å²) in [4.78, 5) is 19.4. The normalized spacial score (nSPS) is 10.4. The zero-order chi connectivity index (χ0) is 13.1. The van der Waals surface area contributed by atoms with Gasteiger partial charge in [-0.2, -0.15) is 0 Å². The first kappa shape index (κ1) is 12.7. The quantitative estimate of drug-likeness (QED) is 0.627. The van der Waals surface area contributed by atoms with Crippen LogP contribution in [0, 0.1) is 6.92 Å². The molecular weight excluding hydrogens is 248 g/mol. The molecule has 0 unspecified atom stereocenters. The molecule has 0 saturated heterocycles. The second-order valence-corrected chi connectivity index (χ2v) is 4.35. The lowest BCUT2D eigenvalue weighted by Gasteiger charge is -2.07. The molecule has 2 aromatic rings. The fraction of sp³-hybridized carbons (Fsp3) is 0.214. The molecule has 0 radical (unpaired) electrons. The van der Waals surface area contributed by atoms with Crippen molar-refractivity contribution in [2.45, 2.75) is 20.3 Å². The Hall–Kier alpha value is -1.74. The number of aryl methyl sites for hydroxylation is 2. The van der Waals surface area contributed by atoms with Crippen molar-refractivity contribution in [3.8, 4) is 11.3 Å². The van der Waals surface area contributed by atoms with Gasteiger partial charge in [0.15, 0.2) is 6.29 Å². The first-order chi connectivity index (χ1) is 8.65. The predicted octanol–water partition coefficient (Wildman–Crippen LogP) is 3.48. The van der Waals surface area contributed by atoms with Crippen LogP contribution in [0.3, 0.4) is 0 Å². The standard InChI is InChI=1S/C14H13ClN2O/c1-3-10-4-6-11(7-5-10)13-12(8-18)14(15)17-9(2)16-13/h4-8H,3H2,1-2H3. The van der Waals surface area contributed by atoms with Gasteiger partial charge in [0.1, 0.15) is 11.0 Å². The lowest BCUT2D eigenvalue weighted by atomic mass is 10.0. The number of aldehydes is 1. The zero-order valence-corrected chi connectivity index (χ0v) is 11.0. The summed E-state index contributed by atoms with van der Waals surface area (Å²) in [7, 11) is 0. The number of aromatic nitrogens is 2. The summed E-state index contributed by atoms with van der Waals surface area (Å²) >= 11 is 5.96. The third-order valence-corrected chi connectivity index (χ3v) is 3.05. The van der Waals surface area contributed by atoms with Crippen LogP contribution in [0.2, 0.25) is 5.15 Å². The molecule has 0 aliphatic rings. The van der Waals surface area contributed by atoms with Gasteiger partial charge in [0.25, 0.3) is 0 Å². The first-order valence-corrected chi connectivity index (χ1v) is 6.12. The predicted molar refractivity (Wildman–Crippen MR) is 72.0 cm³/mol. The van der Waals surface area contributed by atoms with E-state index in [4.69, 9.17) is 11.6 Å². The maximum absolute atomic E-state index is 11.1. The lowest BCUT2D eigenvalue weighted by Crippen LogP contribution is -1.99. The molecule has 18 heavy (non-hydrogen) atoms. The Morgan fingerprint density at radius 3 is 2.44 bits per heavy atom. The molecule has 0 atom stereocenters. The molecule has 0 aliphatic carbocycles. The Labute approximate surface area is 111 Å². The van der Waals surface area contributed by atoms with Crippen molar-refractivity contribution < 1.29 is 4.79 Å². The molecule has 0 spiro atoms. The summed E-state index contributed by atoms with van der Waals surface area (Å²) in [6.45, 7) is 3.85. The minimum atomic E-state index is 0.201. The molecule has 2 rings (SSSR count). The Kier molecular flexibility index (Phi) is 3.72. The smallest absolute Gasteiger partial charge is 0.155 e. The number of carbonyl (C=O) groups is 1. The van der Waals surface area contributed by atoms with Crippen LogP contribution in [0.5, 0.6) is 0 Å². The second kappa shape index (κ2) is 5.27. The van der Waals surface area contributed by atoms with Crippen LogP contribution < -0.4 is 0 Å². The topological polar surface area (TPSA) is 42.9 Å². The Bertz CT molecular complexity index is 579. The minimum Gasteiger partial charge on any atom is -0.298 e. The van der Waals surface area contributed by atoms with Crippen molar-refractivity contribution in [3.63, 3.8) is 0 Å². The molecule has 0 fully saturated rings. The zero-order valence-electron chi connectivity index (χ0n) is 10.3. The van der Waals surface area contributed by atoms with Crippen molar-refractivity contribution in [3.05, 3.63) is 46.4 Å². The summed E-state index contributed by atoms with van der Waals surface area (Å²) < 4.78 is 0. The Morgan fingerprint density at radius 1 is 1.22 bits per heavy atom. The molecule has 0 saturated carbocycles. The van der Waals surface area contributed by atoms with Crippen LogP contribution >= 0.6 is 11.6 Å². The molecular formula is C14H13ClN2O. The van der Waals surface area contributed by atoms with Crippen LogP contribution in [-0.4, -0.2) is 16.3 Å². The van der Waals surface area contributed by atoms with E-state index in [0.717, 1.165) is 12.0 Å². The van der Waals surface area contributed by atoms with Crippen LogP contribution in [0.4, 0.5) is 0 Å². The van der Waals surface area contributed by atoms with E-state index in [2.05, 4.69) is 16.9 Å². The highest BCUT2D eigenvalue weighted by Gasteiger charge is 2.12. The van der Waals surface area contributed by atoms with E-state index < -0.39 is 0 Å². The molecule has 0 bridgehead atoms. The summed E-state index contributed by atoms with van der Waals surface area (Å²) in [5.74, 6) is 0.556. The molecule has 0 N–H and O–H groups in total. The van der Waals surface area contributed by atoms with E-state index in [9.17, 15) is 4.79 Å². The maximum atomic E-state index is 11.1. The van der Waals surface area contributed by atoms with Gasteiger partial charge in [-0.25, -0.2) is 9.97 Å². The van der Waals surface area contributed by atoms with Crippen molar-refractivity contribution in [2.24, 2.45) is 0 Å². The lowest BCUT2D eigenvalue weighted by molar-refractivity contribution is 0.112. The average molecular weight is 261 g/mol. The highest BCUT2D eigenvalue weighted by atomic mass is 35.5. The van der Waals surface area contributed by atoms with Crippen molar-refractivity contribution in [1.82, 2.24) is 9.97 Å². The second-order valence-electron chi connectivity index (χ2n) is 3.99. The minimum absolute atomic E-state index is 0.201. The summed E-state index contributed by atoms with van der Waals surface area (Å²) in [6.07, 6.45) is 1.68. The molecule has 0 aliphatic heterocycles. The maximum Gasteiger partial charge on any atom is 0.155 e. The Balaban J connectivity index is 2.58. The summed E-state index contributed by atoms with van der Waals surface area (Å²) in [6, 6.07) is 7.94. The highest BCUT2D eigenvalue weighted by Crippen LogP contribution is 2.25. The van der Waals surface area contributed by atoms with Crippen molar-refractivity contribution in [1.29, 1.82) is 0 Å². The third-order valence-electron chi connectivity index (χ3n) is 2.76. The summed E-state index contributed by atoms with van der Waals surface area (Å²) in [5, 5.41) is 0.201. The molecule has 1 aromatic heterocycles. The van der Waals surface area contributed by atoms with Crippen molar-refractivity contribution in [2.75, 3.05) is 0 Å². The van der Waals surface area contributed by atoms with E-state index in [1.807, 2.05) is 24.3 Å². The number of halogens is 1. The average Bonchev–Trinajstić information content (AvgIpc) is 2.38. The number of hydrogen-bond acceptors (Lipinski definition) is 3. The number of rotatable bonds is 3. The fourth-order valence-electron chi connectivity index (χ4n) is 1.77. The van der Waals surface area contributed by atoms with E-state index in [1.54, 1.807) is 6.92 Å². The van der Waals surface area contributed by atoms with E-state index >= 15 is 0 Å². The molecule has 0 amide bonds. The van der Waals surface area contributed by atoms with Crippen LogP contribution in [0.1, 0.15) is 28.7 Å². The molecule has 4 heteroatoms.